The number of hydrogen-bond acceptors (Lipinski definition) is 3. The molecule has 100 valence electrons. The average Bonchev–Trinajstić information content (AvgIpc) is 3.07. The van der Waals surface area contributed by atoms with Crippen molar-refractivity contribution in [1.82, 2.24) is 24.9 Å². The van der Waals surface area contributed by atoms with Gasteiger partial charge in [0, 0.05) is 31.0 Å². The molecule has 0 aliphatic carbocycles. The van der Waals surface area contributed by atoms with E-state index in [4.69, 9.17) is 0 Å². The molecule has 0 aromatic carbocycles. The van der Waals surface area contributed by atoms with Gasteiger partial charge in [-0.25, -0.2) is 0 Å². The minimum absolute atomic E-state index is 0.00398. The number of nitrogens with zero attached hydrogens (tertiary/aromatic N) is 4. The predicted octanol–water partition coefficient (Wildman–Crippen LogP) is 1.43. The fourth-order valence-electron chi connectivity index (χ4n) is 2.64. The summed E-state index contributed by atoms with van der Waals surface area (Å²) in [4.78, 5) is 14.4. The van der Waals surface area contributed by atoms with E-state index in [-0.39, 0.29) is 11.9 Å². The summed E-state index contributed by atoms with van der Waals surface area (Å²) in [6.45, 7) is 2.68. The zero-order valence-corrected chi connectivity index (χ0v) is 11.1. The number of aromatic amines is 1. The molecule has 1 aliphatic heterocycles. The first kappa shape index (κ1) is 12.0. The number of H-pyrrole nitrogens is 1. The van der Waals surface area contributed by atoms with Crippen LogP contribution in [0.4, 0.5) is 0 Å². The summed E-state index contributed by atoms with van der Waals surface area (Å²) in [6.07, 6.45) is 5.83. The van der Waals surface area contributed by atoms with Crippen LogP contribution < -0.4 is 0 Å². The molecule has 1 N–H and O–H groups in total. The molecular weight excluding hydrogens is 242 g/mol. The van der Waals surface area contributed by atoms with Gasteiger partial charge in [0.25, 0.3) is 5.91 Å². The third-order valence-electron chi connectivity index (χ3n) is 3.55. The lowest BCUT2D eigenvalue weighted by Crippen LogP contribution is -2.30. The Kier molecular flexibility index (Phi) is 2.85. The van der Waals surface area contributed by atoms with E-state index in [1.807, 2.05) is 31.3 Å². The standard InChI is InChI=1S/C13H17N5O/c1-9-6-11(16-15-9)13(19)18-5-3-4-12(18)10-7-14-17(2)8-10/h6-8,12H,3-5H2,1-2H3,(H,15,16)/t12-/m0/s1. The third kappa shape index (κ3) is 2.14. The first-order valence-corrected chi connectivity index (χ1v) is 6.46. The number of nitrogens with one attached hydrogen (secondary N) is 1. The summed E-state index contributed by atoms with van der Waals surface area (Å²) < 4.78 is 1.77. The highest BCUT2D eigenvalue weighted by atomic mass is 16.2. The highest BCUT2D eigenvalue weighted by Crippen LogP contribution is 2.32. The van der Waals surface area contributed by atoms with Gasteiger partial charge < -0.3 is 4.90 Å². The van der Waals surface area contributed by atoms with E-state index in [0.29, 0.717) is 5.69 Å². The van der Waals surface area contributed by atoms with Gasteiger partial charge in [0.2, 0.25) is 0 Å². The Morgan fingerprint density at radius 1 is 1.53 bits per heavy atom. The van der Waals surface area contributed by atoms with Crippen molar-refractivity contribution < 1.29 is 4.79 Å². The van der Waals surface area contributed by atoms with Crippen molar-refractivity contribution in [3.8, 4) is 0 Å². The summed E-state index contributed by atoms with van der Waals surface area (Å²) in [6, 6.07) is 1.92. The molecule has 1 fully saturated rings. The number of aryl methyl sites for hydroxylation is 2. The quantitative estimate of drug-likeness (QED) is 0.887. The molecule has 1 saturated heterocycles. The normalized spacial score (nSPS) is 19.1. The molecule has 3 heterocycles. The minimum atomic E-state index is -0.00398. The monoisotopic (exact) mass is 259 g/mol. The van der Waals surface area contributed by atoms with E-state index in [0.717, 1.165) is 30.6 Å². The molecule has 19 heavy (non-hydrogen) atoms. The summed E-state index contributed by atoms with van der Waals surface area (Å²) in [7, 11) is 1.89. The van der Waals surface area contributed by atoms with Gasteiger partial charge in [-0.05, 0) is 25.8 Å². The largest absolute Gasteiger partial charge is 0.330 e. The number of carbonyl (C=O) groups is 1. The van der Waals surface area contributed by atoms with Crippen molar-refractivity contribution in [2.75, 3.05) is 6.54 Å². The Hall–Kier alpha value is -2.11. The zero-order chi connectivity index (χ0) is 13.4. The molecule has 0 bridgehead atoms. The number of likely N-dealkylation sites (tertiary alicyclic amines) is 1. The Morgan fingerprint density at radius 2 is 2.37 bits per heavy atom. The van der Waals surface area contributed by atoms with Crippen molar-refractivity contribution in [2.45, 2.75) is 25.8 Å². The molecule has 0 unspecified atom stereocenters. The zero-order valence-electron chi connectivity index (χ0n) is 11.1. The molecule has 1 aliphatic rings. The maximum atomic E-state index is 12.5. The fourth-order valence-corrected chi connectivity index (χ4v) is 2.64. The lowest BCUT2D eigenvalue weighted by atomic mass is 10.1. The van der Waals surface area contributed by atoms with Crippen molar-refractivity contribution >= 4 is 5.91 Å². The smallest absolute Gasteiger partial charge is 0.274 e. The molecule has 3 rings (SSSR count). The number of aromatic nitrogens is 4. The van der Waals surface area contributed by atoms with Crippen LogP contribution >= 0.6 is 0 Å². The summed E-state index contributed by atoms with van der Waals surface area (Å²) in [5, 5.41) is 11.1. The molecule has 0 spiro atoms. The van der Waals surface area contributed by atoms with Gasteiger partial charge in [0.05, 0.1) is 12.2 Å². The highest BCUT2D eigenvalue weighted by Gasteiger charge is 2.32. The third-order valence-corrected chi connectivity index (χ3v) is 3.55. The van der Waals surface area contributed by atoms with Gasteiger partial charge in [-0.15, -0.1) is 0 Å². The van der Waals surface area contributed by atoms with Crippen LogP contribution in [0.15, 0.2) is 18.5 Å². The molecule has 1 atom stereocenters. The first-order valence-electron chi connectivity index (χ1n) is 6.46. The first-order chi connectivity index (χ1) is 9.15. The van der Waals surface area contributed by atoms with E-state index in [2.05, 4.69) is 15.3 Å². The molecule has 0 saturated carbocycles. The molecular formula is C13H17N5O. The molecule has 2 aromatic rings. The Bertz CT molecular complexity index is 600. The van der Waals surface area contributed by atoms with Gasteiger partial charge in [-0.2, -0.15) is 10.2 Å². The van der Waals surface area contributed by atoms with Crippen LogP contribution in [-0.4, -0.2) is 37.3 Å². The van der Waals surface area contributed by atoms with Gasteiger partial charge in [-0.3, -0.25) is 14.6 Å². The van der Waals surface area contributed by atoms with E-state index in [1.165, 1.54) is 0 Å². The summed E-state index contributed by atoms with van der Waals surface area (Å²) in [5.41, 5.74) is 2.49. The van der Waals surface area contributed by atoms with E-state index >= 15 is 0 Å². The van der Waals surface area contributed by atoms with Crippen molar-refractivity contribution in [1.29, 1.82) is 0 Å². The van der Waals surface area contributed by atoms with E-state index in [9.17, 15) is 4.79 Å². The maximum Gasteiger partial charge on any atom is 0.274 e. The second-order valence-electron chi connectivity index (χ2n) is 5.04. The lowest BCUT2D eigenvalue weighted by molar-refractivity contribution is 0.0729. The predicted molar refractivity (Wildman–Crippen MR) is 69.5 cm³/mol. The van der Waals surface area contributed by atoms with Crippen molar-refractivity contribution in [3.63, 3.8) is 0 Å². The topological polar surface area (TPSA) is 66.8 Å². The fraction of sp³-hybridized carbons (Fsp3) is 0.462. The van der Waals surface area contributed by atoms with Crippen LogP contribution in [0.3, 0.4) is 0 Å². The molecule has 6 nitrogen and oxygen atoms in total. The van der Waals surface area contributed by atoms with Crippen LogP contribution in [-0.2, 0) is 7.05 Å². The Morgan fingerprint density at radius 3 is 3.00 bits per heavy atom. The van der Waals surface area contributed by atoms with Crippen molar-refractivity contribution in [3.05, 3.63) is 35.4 Å². The SMILES string of the molecule is Cc1cc(C(=O)N2CCC[C@H]2c2cnn(C)c2)n[nH]1. The van der Waals surface area contributed by atoms with Gasteiger partial charge in [0.1, 0.15) is 5.69 Å². The van der Waals surface area contributed by atoms with Gasteiger partial charge in [0.15, 0.2) is 0 Å². The van der Waals surface area contributed by atoms with Crippen LogP contribution in [0.5, 0.6) is 0 Å². The van der Waals surface area contributed by atoms with Crippen LogP contribution in [0.25, 0.3) is 0 Å². The molecule has 0 radical (unpaired) electrons. The van der Waals surface area contributed by atoms with Gasteiger partial charge >= 0.3 is 0 Å². The number of carbonyl (C=O) groups excluding carboxylic acids is 1. The second-order valence-corrected chi connectivity index (χ2v) is 5.04. The van der Waals surface area contributed by atoms with Crippen LogP contribution in [0.2, 0.25) is 0 Å². The minimum Gasteiger partial charge on any atom is -0.330 e. The van der Waals surface area contributed by atoms with Gasteiger partial charge in [-0.1, -0.05) is 0 Å². The second kappa shape index (κ2) is 4.53. The number of amides is 1. The average molecular weight is 259 g/mol. The maximum absolute atomic E-state index is 12.5. The summed E-state index contributed by atoms with van der Waals surface area (Å²) >= 11 is 0. The molecule has 6 heteroatoms. The number of rotatable bonds is 2. The molecule has 1 amide bonds. The highest BCUT2D eigenvalue weighted by molar-refractivity contribution is 5.92. The van der Waals surface area contributed by atoms with Crippen LogP contribution in [0.1, 0.15) is 40.6 Å². The lowest BCUT2D eigenvalue weighted by Gasteiger charge is -2.22. The van der Waals surface area contributed by atoms with Crippen molar-refractivity contribution in [2.24, 2.45) is 7.05 Å². The Balaban J connectivity index is 1.85. The van der Waals surface area contributed by atoms with E-state index < -0.39 is 0 Å². The summed E-state index contributed by atoms with van der Waals surface area (Å²) in [5.74, 6) is -0.00398. The molecule has 2 aromatic heterocycles. The van der Waals surface area contributed by atoms with E-state index in [1.54, 1.807) is 10.7 Å². The number of hydrogen-bond donors (Lipinski definition) is 1. The Labute approximate surface area is 111 Å². The van der Waals surface area contributed by atoms with Crippen LogP contribution in [0, 0.1) is 6.92 Å².